The number of esters is 2. The van der Waals surface area contributed by atoms with Gasteiger partial charge in [0, 0.05) is 17.1 Å². The van der Waals surface area contributed by atoms with Gasteiger partial charge in [0.2, 0.25) is 0 Å². The fraction of sp³-hybridized carbons (Fsp3) is 0. The summed E-state index contributed by atoms with van der Waals surface area (Å²) in [5.41, 5.74) is 4.10. The van der Waals surface area contributed by atoms with Gasteiger partial charge in [-0.15, -0.1) is 0 Å². The van der Waals surface area contributed by atoms with E-state index in [1.165, 1.54) is 24.3 Å². The molecule has 5 nitrogen and oxygen atoms in total. The first-order chi connectivity index (χ1) is 17.6. The van der Waals surface area contributed by atoms with Crippen molar-refractivity contribution in [2.75, 3.05) is 4.90 Å². The standard InChI is InChI=1S/C30H18FNO4/c31-21-15-11-19(12-16-21)25-27-28(36-29(25)33)26(30(34)35-27)20-13-17-24(18-14-20)32(22-7-3-1-4-8-22)23-9-5-2-6-10-23/h1-18H. The third-order valence-corrected chi connectivity index (χ3v) is 6.03. The van der Waals surface area contributed by atoms with Crippen LogP contribution in [0.5, 0.6) is 0 Å². The van der Waals surface area contributed by atoms with Gasteiger partial charge in [0.05, 0.1) is 0 Å². The minimum Gasteiger partial charge on any atom is -0.418 e. The van der Waals surface area contributed by atoms with Crippen molar-refractivity contribution in [1.82, 2.24) is 0 Å². The first kappa shape index (κ1) is 21.6. The summed E-state index contributed by atoms with van der Waals surface area (Å²) in [7, 11) is 0. The fourth-order valence-electron chi connectivity index (χ4n) is 4.39. The molecular weight excluding hydrogens is 457 g/mol. The number of hydrogen-bond acceptors (Lipinski definition) is 5. The smallest absolute Gasteiger partial charge is 0.348 e. The number of halogens is 1. The van der Waals surface area contributed by atoms with Gasteiger partial charge in [0.25, 0.3) is 0 Å². The van der Waals surface area contributed by atoms with Crippen LogP contribution in [-0.4, -0.2) is 11.9 Å². The summed E-state index contributed by atoms with van der Waals surface area (Å²) in [5, 5.41) is 0. The van der Waals surface area contributed by atoms with E-state index in [9.17, 15) is 14.0 Å². The van der Waals surface area contributed by atoms with Crippen LogP contribution < -0.4 is 4.90 Å². The highest BCUT2D eigenvalue weighted by Crippen LogP contribution is 2.44. The highest BCUT2D eigenvalue weighted by atomic mass is 19.1. The van der Waals surface area contributed by atoms with Gasteiger partial charge < -0.3 is 14.4 Å². The number of rotatable bonds is 5. The van der Waals surface area contributed by atoms with Gasteiger partial charge in [-0.3, -0.25) is 0 Å². The van der Waals surface area contributed by atoms with Crippen molar-refractivity contribution in [1.29, 1.82) is 0 Å². The number of carbonyl (C=O) groups is 2. The summed E-state index contributed by atoms with van der Waals surface area (Å²) in [6.45, 7) is 0. The van der Waals surface area contributed by atoms with Crippen LogP contribution in [0.15, 0.2) is 121 Å². The molecule has 0 aromatic heterocycles. The van der Waals surface area contributed by atoms with E-state index in [0.717, 1.165) is 17.1 Å². The Morgan fingerprint density at radius 2 is 0.889 bits per heavy atom. The molecule has 0 fully saturated rings. The number of nitrogens with zero attached hydrogens (tertiary/aromatic N) is 1. The maximum absolute atomic E-state index is 13.4. The van der Waals surface area contributed by atoms with E-state index < -0.39 is 17.8 Å². The molecule has 0 unspecified atom stereocenters. The fourth-order valence-corrected chi connectivity index (χ4v) is 4.39. The molecule has 2 heterocycles. The van der Waals surface area contributed by atoms with Crippen LogP contribution in [0.3, 0.4) is 0 Å². The minimum atomic E-state index is -0.646. The number of carbonyl (C=O) groups excluding carboxylic acids is 2. The molecule has 0 amide bonds. The first-order valence-corrected chi connectivity index (χ1v) is 11.3. The normalized spacial score (nSPS) is 14.6. The maximum atomic E-state index is 13.4. The van der Waals surface area contributed by atoms with Crippen molar-refractivity contribution in [2.24, 2.45) is 0 Å². The Morgan fingerprint density at radius 1 is 0.500 bits per heavy atom. The van der Waals surface area contributed by atoms with Gasteiger partial charge in [-0.05, 0) is 59.7 Å². The van der Waals surface area contributed by atoms with Gasteiger partial charge in [-0.1, -0.05) is 60.7 Å². The molecule has 0 bridgehead atoms. The summed E-state index contributed by atoms with van der Waals surface area (Å²) in [5.74, 6) is -1.54. The molecule has 0 saturated carbocycles. The van der Waals surface area contributed by atoms with Crippen LogP contribution in [0.2, 0.25) is 0 Å². The summed E-state index contributed by atoms with van der Waals surface area (Å²) in [6, 6.07) is 32.7. The van der Waals surface area contributed by atoms with E-state index >= 15 is 0 Å². The van der Waals surface area contributed by atoms with E-state index in [4.69, 9.17) is 9.47 Å². The molecule has 4 aromatic carbocycles. The Balaban J connectivity index is 1.40. The molecule has 174 valence electrons. The van der Waals surface area contributed by atoms with Crippen molar-refractivity contribution < 1.29 is 23.5 Å². The van der Waals surface area contributed by atoms with Gasteiger partial charge in [-0.25, -0.2) is 14.0 Å². The zero-order valence-corrected chi connectivity index (χ0v) is 18.9. The average Bonchev–Trinajstić information content (AvgIpc) is 3.39. The SMILES string of the molecule is O=C1OC2=C(c3ccc(N(c4ccccc4)c4ccccc4)cc3)C(=O)OC2=C1c1ccc(F)cc1. The van der Waals surface area contributed by atoms with Crippen LogP contribution in [0.25, 0.3) is 11.1 Å². The lowest BCUT2D eigenvalue weighted by Gasteiger charge is -2.25. The molecule has 2 aliphatic heterocycles. The predicted octanol–water partition coefficient (Wildman–Crippen LogP) is 6.53. The van der Waals surface area contributed by atoms with Crippen molar-refractivity contribution in [3.05, 3.63) is 138 Å². The van der Waals surface area contributed by atoms with Gasteiger partial charge in [-0.2, -0.15) is 0 Å². The summed E-state index contributed by atoms with van der Waals surface area (Å²) >= 11 is 0. The van der Waals surface area contributed by atoms with Crippen molar-refractivity contribution >= 4 is 40.1 Å². The highest BCUT2D eigenvalue weighted by molar-refractivity contribution is 6.29. The zero-order chi connectivity index (χ0) is 24.6. The topological polar surface area (TPSA) is 55.8 Å². The molecule has 0 aliphatic carbocycles. The molecule has 0 radical (unpaired) electrons. The van der Waals surface area contributed by atoms with Crippen LogP contribution in [0, 0.1) is 5.82 Å². The van der Waals surface area contributed by atoms with E-state index in [1.54, 1.807) is 12.1 Å². The number of hydrogen-bond donors (Lipinski definition) is 0. The Labute approximate surface area is 206 Å². The lowest BCUT2D eigenvalue weighted by atomic mass is 10.0. The molecule has 0 spiro atoms. The molecular formula is C30H18FNO4. The monoisotopic (exact) mass is 475 g/mol. The second-order valence-electron chi connectivity index (χ2n) is 8.25. The van der Waals surface area contributed by atoms with Crippen LogP contribution in [0.4, 0.5) is 21.5 Å². The third-order valence-electron chi connectivity index (χ3n) is 6.03. The molecule has 6 rings (SSSR count). The van der Waals surface area contributed by atoms with Gasteiger partial charge in [0.1, 0.15) is 17.0 Å². The van der Waals surface area contributed by atoms with E-state index in [1.807, 2.05) is 72.8 Å². The Morgan fingerprint density at radius 3 is 1.33 bits per heavy atom. The number of anilines is 3. The molecule has 6 heteroatoms. The molecule has 0 atom stereocenters. The van der Waals surface area contributed by atoms with Crippen LogP contribution >= 0.6 is 0 Å². The Kier molecular flexibility index (Phi) is 5.19. The lowest BCUT2D eigenvalue weighted by molar-refractivity contribution is -0.131. The summed E-state index contributed by atoms with van der Waals surface area (Å²) in [6.07, 6.45) is 0. The quantitative estimate of drug-likeness (QED) is 0.307. The molecule has 36 heavy (non-hydrogen) atoms. The van der Waals surface area contributed by atoms with Crippen molar-refractivity contribution in [3.8, 4) is 0 Å². The van der Waals surface area contributed by atoms with Crippen LogP contribution in [0.1, 0.15) is 11.1 Å². The predicted molar refractivity (Wildman–Crippen MR) is 134 cm³/mol. The second-order valence-corrected chi connectivity index (χ2v) is 8.25. The third kappa shape index (κ3) is 3.65. The molecule has 4 aromatic rings. The number of para-hydroxylation sites is 2. The first-order valence-electron chi connectivity index (χ1n) is 11.3. The molecule has 0 saturated heterocycles. The van der Waals surface area contributed by atoms with E-state index in [0.29, 0.717) is 11.1 Å². The number of fused-ring (bicyclic) bond motifs is 1. The van der Waals surface area contributed by atoms with Crippen molar-refractivity contribution in [2.45, 2.75) is 0 Å². The lowest BCUT2D eigenvalue weighted by Crippen LogP contribution is -2.10. The summed E-state index contributed by atoms with van der Waals surface area (Å²) < 4.78 is 24.3. The Hall–Kier alpha value is -4.97. The van der Waals surface area contributed by atoms with Crippen LogP contribution in [-0.2, 0) is 19.1 Å². The Bertz CT molecular complexity index is 1500. The maximum Gasteiger partial charge on any atom is 0.348 e. The van der Waals surface area contributed by atoms with Gasteiger partial charge >= 0.3 is 11.9 Å². The molecule has 0 N–H and O–H groups in total. The number of benzene rings is 4. The largest absolute Gasteiger partial charge is 0.418 e. The second kappa shape index (κ2) is 8.67. The average molecular weight is 475 g/mol. The zero-order valence-electron chi connectivity index (χ0n) is 18.9. The van der Waals surface area contributed by atoms with Crippen molar-refractivity contribution in [3.63, 3.8) is 0 Å². The molecule has 2 aliphatic rings. The minimum absolute atomic E-state index is 0.0610. The highest BCUT2D eigenvalue weighted by Gasteiger charge is 2.43. The van der Waals surface area contributed by atoms with E-state index in [2.05, 4.69) is 4.90 Å². The van der Waals surface area contributed by atoms with Gasteiger partial charge in [0.15, 0.2) is 11.5 Å². The number of ether oxygens (including phenoxy) is 2. The summed E-state index contributed by atoms with van der Waals surface area (Å²) in [4.78, 5) is 27.5. The van der Waals surface area contributed by atoms with E-state index in [-0.39, 0.29) is 22.7 Å².